The molecule has 4 nitrogen and oxygen atoms in total. The summed E-state index contributed by atoms with van der Waals surface area (Å²) in [4.78, 5) is 14.7. The van der Waals surface area contributed by atoms with Crippen molar-refractivity contribution >= 4 is 50.7 Å². The standard InChI is InChI=1S/C11H9IN2O2S/c12-7-1-3-8(4-2-7)13-11-14-9(6-17-11)5-10(15)16/h1-4,6H,5H2,(H,13,14)(H,15,16). The Morgan fingerprint density at radius 2 is 2.12 bits per heavy atom. The van der Waals surface area contributed by atoms with Gasteiger partial charge in [-0.25, -0.2) is 4.98 Å². The molecule has 0 saturated carbocycles. The zero-order valence-electron chi connectivity index (χ0n) is 8.68. The molecule has 0 saturated heterocycles. The Bertz CT molecular complexity index is 525. The molecule has 0 spiro atoms. The van der Waals surface area contributed by atoms with Crippen LogP contribution < -0.4 is 5.32 Å². The third-order valence-corrected chi connectivity index (χ3v) is 3.51. The molecule has 0 unspecified atom stereocenters. The summed E-state index contributed by atoms with van der Waals surface area (Å²) in [6.45, 7) is 0. The Labute approximate surface area is 116 Å². The third-order valence-electron chi connectivity index (χ3n) is 1.98. The molecule has 0 amide bonds. The van der Waals surface area contributed by atoms with E-state index in [-0.39, 0.29) is 6.42 Å². The number of thiazole rings is 1. The summed E-state index contributed by atoms with van der Waals surface area (Å²) >= 11 is 3.64. The maximum Gasteiger partial charge on any atom is 0.309 e. The van der Waals surface area contributed by atoms with E-state index in [9.17, 15) is 4.79 Å². The number of benzene rings is 1. The van der Waals surface area contributed by atoms with Crippen molar-refractivity contribution in [2.75, 3.05) is 5.32 Å². The first kappa shape index (κ1) is 12.3. The lowest BCUT2D eigenvalue weighted by molar-refractivity contribution is -0.136. The van der Waals surface area contributed by atoms with Gasteiger partial charge in [0.05, 0.1) is 12.1 Å². The SMILES string of the molecule is O=C(O)Cc1csc(Nc2ccc(I)cc2)n1. The predicted molar refractivity (Wildman–Crippen MR) is 75.9 cm³/mol. The van der Waals surface area contributed by atoms with Crippen LogP contribution in [0.25, 0.3) is 0 Å². The van der Waals surface area contributed by atoms with Crippen LogP contribution in [-0.2, 0) is 11.2 Å². The van der Waals surface area contributed by atoms with E-state index in [0.717, 1.165) is 5.69 Å². The van der Waals surface area contributed by atoms with E-state index < -0.39 is 5.97 Å². The molecule has 2 aromatic rings. The molecule has 0 aliphatic rings. The second-order valence-electron chi connectivity index (χ2n) is 3.35. The molecular formula is C11H9IN2O2S. The van der Waals surface area contributed by atoms with Gasteiger partial charge in [-0.05, 0) is 46.9 Å². The number of nitrogens with zero attached hydrogens (tertiary/aromatic N) is 1. The fourth-order valence-corrected chi connectivity index (χ4v) is 2.35. The third kappa shape index (κ3) is 3.67. The van der Waals surface area contributed by atoms with E-state index in [2.05, 4.69) is 32.9 Å². The van der Waals surface area contributed by atoms with E-state index in [1.165, 1.54) is 14.9 Å². The molecule has 0 bridgehead atoms. The van der Waals surface area contributed by atoms with Crippen LogP contribution in [0.15, 0.2) is 29.6 Å². The Balaban J connectivity index is 2.06. The number of carboxylic acids is 1. The first-order valence-electron chi connectivity index (χ1n) is 4.82. The number of nitrogens with one attached hydrogen (secondary N) is 1. The van der Waals surface area contributed by atoms with Crippen LogP contribution in [0.2, 0.25) is 0 Å². The van der Waals surface area contributed by atoms with Gasteiger partial charge in [-0.2, -0.15) is 0 Å². The van der Waals surface area contributed by atoms with Crippen molar-refractivity contribution in [3.63, 3.8) is 0 Å². The number of carbonyl (C=O) groups is 1. The lowest BCUT2D eigenvalue weighted by Gasteiger charge is -2.01. The molecular weight excluding hydrogens is 351 g/mol. The number of anilines is 2. The quantitative estimate of drug-likeness (QED) is 0.823. The van der Waals surface area contributed by atoms with Gasteiger partial charge in [0.1, 0.15) is 0 Å². The predicted octanol–water partition coefficient (Wildman–Crippen LogP) is 3.12. The summed E-state index contributed by atoms with van der Waals surface area (Å²) in [5, 5.41) is 14.2. The Kier molecular flexibility index (Phi) is 3.95. The van der Waals surface area contributed by atoms with Gasteiger partial charge in [-0.15, -0.1) is 11.3 Å². The minimum atomic E-state index is -0.865. The Morgan fingerprint density at radius 1 is 1.41 bits per heavy atom. The van der Waals surface area contributed by atoms with Crippen molar-refractivity contribution in [1.82, 2.24) is 4.98 Å². The Hall–Kier alpha value is -1.15. The minimum absolute atomic E-state index is 0.0368. The number of aliphatic carboxylic acids is 1. The van der Waals surface area contributed by atoms with Crippen molar-refractivity contribution in [3.8, 4) is 0 Å². The molecule has 0 aliphatic carbocycles. The molecule has 1 heterocycles. The summed E-state index contributed by atoms with van der Waals surface area (Å²) in [7, 11) is 0. The van der Waals surface area contributed by atoms with Gasteiger partial charge in [0.15, 0.2) is 5.13 Å². The summed E-state index contributed by atoms with van der Waals surface area (Å²) in [5.41, 5.74) is 1.53. The Morgan fingerprint density at radius 3 is 2.76 bits per heavy atom. The van der Waals surface area contributed by atoms with Crippen LogP contribution in [0.3, 0.4) is 0 Å². The highest BCUT2D eigenvalue weighted by atomic mass is 127. The number of halogens is 1. The molecule has 2 rings (SSSR count). The number of carboxylic acid groups (broad SMARTS) is 1. The molecule has 0 radical (unpaired) electrons. The van der Waals surface area contributed by atoms with E-state index >= 15 is 0 Å². The summed E-state index contributed by atoms with van der Waals surface area (Å²) < 4.78 is 1.17. The molecule has 6 heteroatoms. The van der Waals surface area contributed by atoms with E-state index in [1.807, 2.05) is 24.3 Å². The maximum atomic E-state index is 10.5. The minimum Gasteiger partial charge on any atom is -0.481 e. The second-order valence-corrected chi connectivity index (χ2v) is 5.45. The molecule has 17 heavy (non-hydrogen) atoms. The average molecular weight is 360 g/mol. The van der Waals surface area contributed by atoms with Crippen LogP contribution >= 0.6 is 33.9 Å². The van der Waals surface area contributed by atoms with Gasteiger partial charge in [-0.3, -0.25) is 4.79 Å². The van der Waals surface area contributed by atoms with Crippen LogP contribution in [0, 0.1) is 3.57 Å². The van der Waals surface area contributed by atoms with E-state index in [1.54, 1.807) is 5.38 Å². The lowest BCUT2D eigenvalue weighted by Crippen LogP contribution is -2.00. The van der Waals surface area contributed by atoms with Gasteiger partial charge in [0.2, 0.25) is 0 Å². The molecule has 2 N–H and O–H groups in total. The van der Waals surface area contributed by atoms with Crippen molar-refractivity contribution in [2.45, 2.75) is 6.42 Å². The van der Waals surface area contributed by atoms with E-state index in [0.29, 0.717) is 10.8 Å². The van der Waals surface area contributed by atoms with Crippen molar-refractivity contribution in [3.05, 3.63) is 38.9 Å². The van der Waals surface area contributed by atoms with Crippen LogP contribution in [0.5, 0.6) is 0 Å². The number of hydrogen-bond acceptors (Lipinski definition) is 4. The average Bonchev–Trinajstić information content (AvgIpc) is 2.68. The van der Waals surface area contributed by atoms with E-state index in [4.69, 9.17) is 5.11 Å². The van der Waals surface area contributed by atoms with Gasteiger partial charge in [0, 0.05) is 14.6 Å². The van der Waals surface area contributed by atoms with Crippen molar-refractivity contribution < 1.29 is 9.90 Å². The number of rotatable bonds is 4. The number of hydrogen-bond donors (Lipinski definition) is 2. The summed E-state index contributed by atoms with van der Waals surface area (Å²) in [5.74, 6) is -0.865. The normalized spacial score (nSPS) is 10.2. The van der Waals surface area contributed by atoms with Crippen LogP contribution in [-0.4, -0.2) is 16.1 Å². The zero-order chi connectivity index (χ0) is 12.3. The largest absolute Gasteiger partial charge is 0.481 e. The summed E-state index contributed by atoms with van der Waals surface area (Å²) in [6.07, 6.45) is -0.0368. The smallest absolute Gasteiger partial charge is 0.309 e. The van der Waals surface area contributed by atoms with Gasteiger partial charge in [0.25, 0.3) is 0 Å². The highest BCUT2D eigenvalue weighted by molar-refractivity contribution is 14.1. The topological polar surface area (TPSA) is 62.2 Å². The molecule has 0 aliphatic heterocycles. The molecule has 0 atom stereocenters. The molecule has 1 aromatic heterocycles. The molecule has 88 valence electrons. The summed E-state index contributed by atoms with van der Waals surface area (Å²) in [6, 6.07) is 7.91. The first-order valence-corrected chi connectivity index (χ1v) is 6.78. The second kappa shape index (κ2) is 5.46. The van der Waals surface area contributed by atoms with Crippen LogP contribution in [0.4, 0.5) is 10.8 Å². The highest BCUT2D eigenvalue weighted by Crippen LogP contribution is 2.21. The molecule has 0 fully saturated rings. The highest BCUT2D eigenvalue weighted by Gasteiger charge is 2.06. The van der Waals surface area contributed by atoms with Crippen molar-refractivity contribution in [1.29, 1.82) is 0 Å². The van der Waals surface area contributed by atoms with Gasteiger partial charge >= 0.3 is 5.97 Å². The van der Waals surface area contributed by atoms with Gasteiger partial charge < -0.3 is 10.4 Å². The van der Waals surface area contributed by atoms with Crippen LogP contribution in [0.1, 0.15) is 5.69 Å². The monoisotopic (exact) mass is 360 g/mol. The fraction of sp³-hybridized carbons (Fsp3) is 0.0909. The first-order chi connectivity index (χ1) is 8.13. The molecule has 1 aromatic carbocycles. The lowest BCUT2D eigenvalue weighted by atomic mass is 10.3. The van der Waals surface area contributed by atoms with Gasteiger partial charge in [-0.1, -0.05) is 0 Å². The zero-order valence-corrected chi connectivity index (χ0v) is 11.7. The number of aromatic nitrogens is 1. The fourth-order valence-electron chi connectivity index (χ4n) is 1.26. The maximum absolute atomic E-state index is 10.5. The van der Waals surface area contributed by atoms with Crippen molar-refractivity contribution in [2.24, 2.45) is 0 Å².